The first-order valence-electron chi connectivity index (χ1n) is 5.97. The van der Waals surface area contributed by atoms with Gasteiger partial charge in [-0.15, -0.1) is 0 Å². The number of benzene rings is 1. The van der Waals surface area contributed by atoms with Gasteiger partial charge < -0.3 is 10.5 Å². The Morgan fingerprint density at radius 2 is 2.17 bits per heavy atom. The van der Waals surface area contributed by atoms with Crippen molar-refractivity contribution in [1.82, 2.24) is 5.32 Å². The number of amides is 1. The van der Waals surface area contributed by atoms with Crippen molar-refractivity contribution in [1.29, 1.82) is 0 Å². The lowest BCUT2D eigenvalue weighted by atomic mass is 10.2. The number of carbonyl (C=O) groups is 1. The van der Waals surface area contributed by atoms with Gasteiger partial charge in [-0.05, 0) is 6.07 Å². The highest BCUT2D eigenvalue weighted by Crippen LogP contribution is 2.19. The third kappa shape index (κ3) is 2.61. The molecule has 2 aromatic rings. The molecule has 0 aliphatic carbocycles. The second-order valence-electron chi connectivity index (χ2n) is 4.45. The Morgan fingerprint density at radius 3 is 2.83 bits per heavy atom. The first-order chi connectivity index (χ1) is 8.59. The Balaban J connectivity index is 2.04. The fourth-order valence-corrected chi connectivity index (χ4v) is 2.70. The van der Waals surface area contributed by atoms with Crippen molar-refractivity contribution in [3.8, 4) is 0 Å². The average Bonchev–Trinajstić information content (AvgIpc) is 2.67. The summed E-state index contributed by atoms with van der Waals surface area (Å²) in [4.78, 5) is 11.4. The number of hydrogen-bond acceptors (Lipinski definition) is 3. The molecule has 0 spiro atoms. The van der Waals surface area contributed by atoms with Crippen molar-refractivity contribution in [3.05, 3.63) is 34.5 Å². The SMILES string of the molecule is CC(C)C(=O)NCCc1sc2ccccc2[n+]1[O-]. The summed E-state index contributed by atoms with van der Waals surface area (Å²) in [6.07, 6.45) is 0.571. The first kappa shape index (κ1) is 12.8. The number of thiazole rings is 1. The molecule has 2 rings (SSSR count). The molecule has 4 nitrogen and oxygen atoms in total. The molecule has 18 heavy (non-hydrogen) atoms. The minimum absolute atomic E-state index is 0.0215. The largest absolute Gasteiger partial charge is 0.617 e. The van der Waals surface area contributed by atoms with Gasteiger partial charge in [0.25, 0.3) is 5.01 Å². The number of nitrogens with zero attached hydrogens (tertiary/aromatic N) is 1. The van der Waals surface area contributed by atoms with Crippen LogP contribution in [0.2, 0.25) is 0 Å². The topological polar surface area (TPSA) is 56.0 Å². The van der Waals surface area contributed by atoms with E-state index in [1.54, 1.807) is 0 Å². The van der Waals surface area contributed by atoms with E-state index in [0.29, 0.717) is 18.5 Å². The maximum absolute atomic E-state index is 12.0. The zero-order valence-corrected chi connectivity index (χ0v) is 11.3. The molecule has 0 radical (unpaired) electrons. The number of nitrogens with one attached hydrogen (secondary N) is 1. The molecule has 0 unspecified atom stereocenters. The van der Waals surface area contributed by atoms with Crippen LogP contribution in [0.25, 0.3) is 10.2 Å². The molecule has 0 aliphatic heterocycles. The van der Waals surface area contributed by atoms with Crippen molar-refractivity contribution >= 4 is 27.5 Å². The van der Waals surface area contributed by atoms with E-state index in [-0.39, 0.29) is 11.8 Å². The molecule has 0 saturated heterocycles. The van der Waals surface area contributed by atoms with Gasteiger partial charge in [0.15, 0.2) is 0 Å². The maximum atomic E-state index is 12.0. The van der Waals surface area contributed by atoms with Gasteiger partial charge in [0.2, 0.25) is 11.4 Å². The quantitative estimate of drug-likeness (QED) is 0.677. The summed E-state index contributed by atoms with van der Waals surface area (Å²) >= 11 is 1.48. The summed E-state index contributed by atoms with van der Waals surface area (Å²) in [6.45, 7) is 4.21. The minimum Gasteiger partial charge on any atom is -0.617 e. The predicted octanol–water partition coefficient (Wildman–Crippen LogP) is 1.85. The van der Waals surface area contributed by atoms with E-state index in [1.165, 1.54) is 11.3 Å². The molecule has 0 saturated carbocycles. The molecule has 96 valence electrons. The molecule has 0 aliphatic rings. The van der Waals surface area contributed by atoms with Gasteiger partial charge in [-0.1, -0.05) is 37.3 Å². The van der Waals surface area contributed by atoms with Gasteiger partial charge in [0, 0.05) is 18.5 Å². The third-order valence-corrected chi connectivity index (χ3v) is 3.87. The van der Waals surface area contributed by atoms with Crippen LogP contribution in [0.15, 0.2) is 24.3 Å². The van der Waals surface area contributed by atoms with Crippen LogP contribution in [0.1, 0.15) is 18.9 Å². The van der Waals surface area contributed by atoms with E-state index >= 15 is 0 Å². The highest BCUT2D eigenvalue weighted by Gasteiger charge is 2.15. The van der Waals surface area contributed by atoms with Crippen LogP contribution < -0.4 is 10.0 Å². The Morgan fingerprint density at radius 1 is 1.44 bits per heavy atom. The lowest BCUT2D eigenvalue weighted by Crippen LogP contribution is -2.34. The van der Waals surface area contributed by atoms with Crippen LogP contribution in [0.3, 0.4) is 0 Å². The normalized spacial score (nSPS) is 11.1. The minimum atomic E-state index is -0.0215. The van der Waals surface area contributed by atoms with Gasteiger partial charge in [0.05, 0.1) is 6.42 Å². The highest BCUT2D eigenvalue weighted by atomic mass is 32.1. The van der Waals surface area contributed by atoms with Crippen LogP contribution in [0.5, 0.6) is 0 Å². The van der Waals surface area contributed by atoms with Crippen LogP contribution >= 0.6 is 11.3 Å². The Hall–Kier alpha value is -1.62. The summed E-state index contributed by atoms with van der Waals surface area (Å²) in [5.41, 5.74) is 0.702. The summed E-state index contributed by atoms with van der Waals surface area (Å²) in [5.74, 6) is 0.000318. The third-order valence-electron chi connectivity index (χ3n) is 2.70. The monoisotopic (exact) mass is 264 g/mol. The van der Waals surface area contributed by atoms with Crippen LogP contribution in [-0.4, -0.2) is 12.5 Å². The average molecular weight is 264 g/mol. The van der Waals surface area contributed by atoms with Gasteiger partial charge in [-0.25, -0.2) is 0 Å². The smallest absolute Gasteiger partial charge is 0.251 e. The molecule has 0 atom stereocenters. The van der Waals surface area contributed by atoms with E-state index in [2.05, 4.69) is 5.32 Å². The predicted molar refractivity (Wildman–Crippen MR) is 72.3 cm³/mol. The second-order valence-corrected chi connectivity index (χ2v) is 5.57. The van der Waals surface area contributed by atoms with E-state index in [9.17, 15) is 10.0 Å². The fraction of sp³-hybridized carbons (Fsp3) is 0.385. The van der Waals surface area contributed by atoms with Crippen LogP contribution in [0.4, 0.5) is 0 Å². The lowest BCUT2D eigenvalue weighted by molar-refractivity contribution is -0.580. The summed E-state index contributed by atoms with van der Waals surface area (Å²) < 4.78 is 1.94. The van der Waals surface area contributed by atoms with Crippen LogP contribution in [-0.2, 0) is 11.2 Å². The highest BCUT2D eigenvalue weighted by molar-refractivity contribution is 7.18. The van der Waals surface area contributed by atoms with Crippen LogP contribution in [0, 0.1) is 11.1 Å². The number of para-hydroxylation sites is 1. The fourth-order valence-electron chi connectivity index (χ4n) is 1.66. The summed E-state index contributed by atoms with van der Waals surface area (Å²) in [6, 6.07) is 7.52. The van der Waals surface area contributed by atoms with Gasteiger partial charge in [-0.3, -0.25) is 4.79 Å². The number of rotatable bonds is 4. The maximum Gasteiger partial charge on any atom is 0.251 e. The standard InChI is InChI=1S/C13H16N2O2S/c1-9(2)13(16)14-8-7-12-15(17)10-5-3-4-6-11(10)18-12/h3-6,9H,7-8H2,1-2H3,(H,14,16). The molecule has 1 aromatic carbocycles. The van der Waals surface area contributed by atoms with Crippen molar-refractivity contribution in [3.63, 3.8) is 0 Å². The molecular weight excluding hydrogens is 248 g/mol. The molecular formula is C13H16N2O2S. The lowest BCUT2D eigenvalue weighted by Gasteiger charge is -2.05. The molecule has 5 heteroatoms. The zero-order valence-electron chi connectivity index (χ0n) is 10.5. The molecule has 0 fully saturated rings. The Kier molecular flexibility index (Phi) is 3.81. The molecule has 1 heterocycles. The Bertz CT molecular complexity index is 563. The van der Waals surface area contributed by atoms with Crippen molar-refractivity contribution in [2.24, 2.45) is 5.92 Å². The number of hydrogen-bond donors (Lipinski definition) is 1. The number of fused-ring (bicyclic) bond motifs is 1. The molecule has 1 N–H and O–H groups in total. The first-order valence-corrected chi connectivity index (χ1v) is 6.79. The van der Waals surface area contributed by atoms with E-state index in [1.807, 2.05) is 38.1 Å². The van der Waals surface area contributed by atoms with E-state index in [0.717, 1.165) is 14.4 Å². The summed E-state index contributed by atoms with van der Waals surface area (Å²) in [7, 11) is 0. The molecule has 1 aromatic heterocycles. The summed E-state index contributed by atoms with van der Waals surface area (Å²) in [5, 5.41) is 15.5. The second kappa shape index (κ2) is 5.35. The molecule has 0 bridgehead atoms. The van der Waals surface area contributed by atoms with E-state index < -0.39 is 0 Å². The van der Waals surface area contributed by atoms with Crippen molar-refractivity contribution in [2.75, 3.05) is 6.54 Å². The van der Waals surface area contributed by atoms with Gasteiger partial charge in [-0.2, -0.15) is 4.73 Å². The molecule has 1 amide bonds. The zero-order chi connectivity index (χ0) is 13.1. The number of carbonyl (C=O) groups excluding carboxylic acids is 1. The van der Waals surface area contributed by atoms with Crippen molar-refractivity contribution < 1.29 is 9.52 Å². The van der Waals surface area contributed by atoms with Gasteiger partial charge >= 0.3 is 0 Å². The van der Waals surface area contributed by atoms with Crippen molar-refractivity contribution in [2.45, 2.75) is 20.3 Å². The number of aromatic nitrogens is 1. The van der Waals surface area contributed by atoms with E-state index in [4.69, 9.17) is 0 Å². The Labute approximate surface area is 110 Å². The van der Waals surface area contributed by atoms with Gasteiger partial charge in [0.1, 0.15) is 4.70 Å².